The van der Waals surface area contributed by atoms with E-state index in [4.69, 9.17) is 38.4 Å². The molecule has 1 heterocycles. The molecule has 0 fully saturated rings. The largest absolute Gasteiger partial charge is 0.494 e. The summed E-state index contributed by atoms with van der Waals surface area (Å²) in [5, 5.41) is 4.71. The van der Waals surface area contributed by atoms with Gasteiger partial charge in [-0.2, -0.15) is 5.10 Å². The Hall–Kier alpha value is -2.03. The van der Waals surface area contributed by atoms with Gasteiger partial charge in [0.15, 0.2) is 10.9 Å². The topological polar surface area (TPSA) is 98.8 Å². The van der Waals surface area contributed by atoms with Crippen LogP contribution in [0.5, 0.6) is 11.5 Å². The number of carbonyl (C=O) groups is 1. The van der Waals surface area contributed by atoms with Crippen molar-refractivity contribution in [3.05, 3.63) is 32.2 Å². The summed E-state index contributed by atoms with van der Waals surface area (Å²) in [7, 11) is 2.90. The van der Waals surface area contributed by atoms with Crippen LogP contribution >= 0.6 is 34.5 Å². The lowest BCUT2D eigenvalue weighted by atomic mass is 10.2. The van der Waals surface area contributed by atoms with E-state index in [0.717, 1.165) is 11.3 Å². The van der Waals surface area contributed by atoms with Gasteiger partial charge in [-0.05, 0) is 13.0 Å². The van der Waals surface area contributed by atoms with E-state index in [1.165, 1.54) is 20.4 Å². The first kappa shape index (κ1) is 18.3. The van der Waals surface area contributed by atoms with Crippen LogP contribution in [0.15, 0.2) is 11.2 Å². The number of carbonyl (C=O) groups excluding carboxylic acids is 1. The molecule has 0 spiro atoms. The molecule has 1 amide bonds. The number of halogens is 2. The SMILES string of the molecule is COc1c(Cl)cc(/C=N\NC(=O)c2sc(N)nc2C)c(OC)c1Cl. The first-order valence-corrected chi connectivity index (χ1v) is 8.12. The van der Waals surface area contributed by atoms with Gasteiger partial charge in [-0.1, -0.05) is 34.5 Å². The van der Waals surface area contributed by atoms with E-state index in [9.17, 15) is 4.79 Å². The summed E-state index contributed by atoms with van der Waals surface area (Å²) in [4.78, 5) is 16.4. The van der Waals surface area contributed by atoms with Crippen LogP contribution in [-0.4, -0.2) is 31.3 Å². The predicted octanol–water partition coefficient (Wildman–Crippen LogP) is 3.12. The lowest BCUT2D eigenvalue weighted by Crippen LogP contribution is -2.17. The molecule has 3 N–H and O–H groups in total. The fourth-order valence-electron chi connectivity index (χ4n) is 1.93. The lowest BCUT2D eigenvalue weighted by Gasteiger charge is -2.12. The van der Waals surface area contributed by atoms with Crippen LogP contribution in [0, 0.1) is 6.92 Å². The number of rotatable bonds is 5. The zero-order valence-corrected chi connectivity index (χ0v) is 15.3. The first-order valence-electron chi connectivity index (χ1n) is 6.55. The highest BCUT2D eigenvalue weighted by molar-refractivity contribution is 7.17. The van der Waals surface area contributed by atoms with Crippen LogP contribution in [0.25, 0.3) is 0 Å². The maximum absolute atomic E-state index is 12.0. The maximum Gasteiger partial charge on any atom is 0.283 e. The molecule has 10 heteroatoms. The smallest absolute Gasteiger partial charge is 0.283 e. The molecule has 7 nitrogen and oxygen atoms in total. The number of anilines is 1. The third-order valence-corrected chi connectivity index (χ3v) is 4.57. The average Bonchev–Trinajstić information content (AvgIpc) is 2.86. The Balaban J connectivity index is 2.23. The number of nitrogen functional groups attached to an aromatic ring is 1. The number of ether oxygens (including phenoxy) is 2. The summed E-state index contributed by atoms with van der Waals surface area (Å²) in [6, 6.07) is 1.57. The number of aryl methyl sites for hydroxylation is 1. The molecule has 0 bridgehead atoms. The molecule has 0 unspecified atom stereocenters. The molecule has 0 aliphatic carbocycles. The van der Waals surface area contributed by atoms with Crippen LogP contribution in [-0.2, 0) is 0 Å². The van der Waals surface area contributed by atoms with Crippen molar-refractivity contribution < 1.29 is 14.3 Å². The molecular weight excluding hydrogens is 375 g/mol. The summed E-state index contributed by atoms with van der Waals surface area (Å²) < 4.78 is 10.4. The number of methoxy groups -OCH3 is 2. The third-order valence-electron chi connectivity index (χ3n) is 2.96. The van der Waals surface area contributed by atoms with E-state index in [-0.39, 0.29) is 5.02 Å². The number of nitrogens with one attached hydrogen (secondary N) is 1. The summed E-state index contributed by atoms with van der Waals surface area (Å²) in [5.74, 6) is 0.212. The van der Waals surface area contributed by atoms with Gasteiger partial charge in [0.25, 0.3) is 5.91 Å². The number of amides is 1. The highest BCUT2D eigenvalue weighted by Crippen LogP contribution is 2.41. The van der Waals surface area contributed by atoms with Crippen LogP contribution in [0.4, 0.5) is 5.13 Å². The van der Waals surface area contributed by atoms with Gasteiger partial charge in [0.05, 0.1) is 31.2 Å². The van der Waals surface area contributed by atoms with Crippen molar-refractivity contribution in [1.29, 1.82) is 0 Å². The Morgan fingerprint density at radius 1 is 1.38 bits per heavy atom. The van der Waals surface area contributed by atoms with Crippen LogP contribution in [0.3, 0.4) is 0 Å². The Bertz CT molecular complexity index is 808. The summed E-state index contributed by atoms with van der Waals surface area (Å²) >= 11 is 13.4. The number of hydrazone groups is 1. The van der Waals surface area contributed by atoms with E-state index >= 15 is 0 Å². The minimum atomic E-state index is -0.414. The van der Waals surface area contributed by atoms with E-state index in [0.29, 0.717) is 37.8 Å². The Kier molecular flexibility index (Phi) is 5.87. The molecule has 0 aliphatic rings. The number of thiazole rings is 1. The van der Waals surface area contributed by atoms with Gasteiger partial charge in [0, 0.05) is 5.56 Å². The molecular formula is C14H14Cl2N4O3S. The van der Waals surface area contributed by atoms with E-state index < -0.39 is 5.91 Å². The monoisotopic (exact) mass is 388 g/mol. The number of benzene rings is 1. The standard InChI is InChI=1S/C14H14Cl2N4O3S/c1-6-12(24-14(17)19-6)13(21)20-18-5-7-4-8(15)11(23-3)9(16)10(7)22-2/h4-5H,1-3H3,(H2,17,19)(H,20,21)/b18-5-. The Morgan fingerprint density at radius 2 is 2.04 bits per heavy atom. The zero-order chi connectivity index (χ0) is 17.9. The van der Waals surface area contributed by atoms with Crippen molar-refractivity contribution in [2.75, 3.05) is 20.0 Å². The second-order valence-electron chi connectivity index (χ2n) is 4.49. The fourth-order valence-corrected chi connectivity index (χ4v) is 3.36. The van der Waals surface area contributed by atoms with Crippen molar-refractivity contribution >= 4 is 51.8 Å². The van der Waals surface area contributed by atoms with Gasteiger partial charge in [-0.25, -0.2) is 10.4 Å². The summed E-state index contributed by atoms with van der Waals surface area (Å²) in [6.07, 6.45) is 1.37. The maximum atomic E-state index is 12.0. The van der Waals surface area contributed by atoms with E-state index in [1.807, 2.05) is 0 Å². The van der Waals surface area contributed by atoms with Crippen molar-refractivity contribution in [2.45, 2.75) is 6.92 Å². The van der Waals surface area contributed by atoms with Gasteiger partial charge in [0.1, 0.15) is 15.6 Å². The van der Waals surface area contributed by atoms with Gasteiger partial charge < -0.3 is 15.2 Å². The molecule has 0 aliphatic heterocycles. The van der Waals surface area contributed by atoms with Crippen molar-refractivity contribution in [1.82, 2.24) is 10.4 Å². The molecule has 128 valence electrons. The van der Waals surface area contributed by atoms with Gasteiger partial charge >= 0.3 is 0 Å². The number of hydrogen-bond donors (Lipinski definition) is 2. The minimum absolute atomic E-state index is 0.214. The fraction of sp³-hybridized carbons (Fsp3) is 0.214. The van der Waals surface area contributed by atoms with E-state index in [1.54, 1.807) is 13.0 Å². The van der Waals surface area contributed by atoms with Crippen LogP contribution in [0.2, 0.25) is 10.0 Å². The number of hydrogen-bond acceptors (Lipinski definition) is 7. The molecule has 24 heavy (non-hydrogen) atoms. The summed E-state index contributed by atoms with van der Waals surface area (Å²) in [6.45, 7) is 1.69. The third kappa shape index (κ3) is 3.72. The predicted molar refractivity (Wildman–Crippen MR) is 95.9 cm³/mol. The van der Waals surface area contributed by atoms with Gasteiger partial charge in [-0.3, -0.25) is 4.79 Å². The number of nitrogens with two attached hydrogens (primary N) is 1. The molecule has 2 aromatic rings. The molecule has 0 radical (unpaired) electrons. The Morgan fingerprint density at radius 3 is 2.58 bits per heavy atom. The minimum Gasteiger partial charge on any atom is -0.494 e. The van der Waals surface area contributed by atoms with Crippen molar-refractivity contribution in [3.63, 3.8) is 0 Å². The zero-order valence-electron chi connectivity index (χ0n) is 13.0. The molecule has 2 rings (SSSR count). The first-order chi connectivity index (χ1) is 11.4. The quantitative estimate of drug-likeness (QED) is 0.605. The molecule has 0 saturated heterocycles. The number of nitrogens with zero attached hydrogens (tertiary/aromatic N) is 2. The van der Waals surface area contributed by atoms with Crippen LogP contribution < -0.4 is 20.6 Å². The van der Waals surface area contributed by atoms with E-state index in [2.05, 4.69) is 15.5 Å². The number of aromatic nitrogens is 1. The highest BCUT2D eigenvalue weighted by Gasteiger charge is 2.17. The summed E-state index contributed by atoms with van der Waals surface area (Å²) in [5.41, 5.74) is 8.98. The second-order valence-corrected chi connectivity index (χ2v) is 6.31. The molecule has 1 aromatic carbocycles. The highest BCUT2D eigenvalue weighted by atomic mass is 35.5. The van der Waals surface area contributed by atoms with Gasteiger partial charge in [-0.15, -0.1) is 0 Å². The molecule has 0 saturated carbocycles. The van der Waals surface area contributed by atoms with Gasteiger partial charge in [0.2, 0.25) is 0 Å². The lowest BCUT2D eigenvalue weighted by molar-refractivity contribution is 0.0958. The molecule has 1 aromatic heterocycles. The van der Waals surface area contributed by atoms with Crippen molar-refractivity contribution in [2.24, 2.45) is 5.10 Å². The Labute approximate surface area is 152 Å². The second kappa shape index (κ2) is 7.69. The molecule has 0 atom stereocenters. The average molecular weight is 389 g/mol. The van der Waals surface area contributed by atoms with Crippen molar-refractivity contribution in [3.8, 4) is 11.5 Å². The van der Waals surface area contributed by atoms with Crippen LogP contribution in [0.1, 0.15) is 20.9 Å². The normalized spacial score (nSPS) is 10.9.